The molecule has 0 radical (unpaired) electrons. The number of Topliss-reactive ketones (excluding diaryl/α,β-unsaturated/α-hetero) is 1. The highest BCUT2D eigenvalue weighted by Crippen LogP contribution is 2.20. The zero-order valence-electron chi connectivity index (χ0n) is 15.4. The number of benzene rings is 2. The number of primary sulfonamides is 1. The van der Waals surface area contributed by atoms with Crippen molar-refractivity contribution in [2.75, 3.05) is 0 Å². The summed E-state index contributed by atoms with van der Waals surface area (Å²) >= 11 is 0. The number of carbonyl (C=O) groups is 2. The molecule has 27 heavy (non-hydrogen) atoms. The summed E-state index contributed by atoms with van der Waals surface area (Å²) in [5.41, 5.74) is 2.45. The molecule has 2 aromatic rings. The van der Waals surface area contributed by atoms with E-state index in [0.717, 1.165) is 34.9 Å². The molecule has 0 fully saturated rings. The van der Waals surface area contributed by atoms with Crippen LogP contribution in [0.3, 0.4) is 0 Å². The van der Waals surface area contributed by atoms with E-state index in [9.17, 15) is 22.4 Å². The van der Waals surface area contributed by atoms with Crippen molar-refractivity contribution in [3.8, 4) is 0 Å². The van der Waals surface area contributed by atoms with Crippen molar-refractivity contribution in [2.45, 2.75) is 38.7 Å². The summed E-state index contributed by atoms with van der Waals surface area (Å²) in [6.45, 7) is 6.91. The maximum atomic E-state index is 13.9. The third-order valence-corrected chi connectivity index (χ3v) is 5.16. The number of esters is 1. The van der Waals surface area contributed by atoms with E-state index < -0.39 is 44.2 Å². The molecule has 0 saturated carbocycles. The number of sulfonamides is 1. The summed E-state index contributed by atoms with van der Waals surface area (Å²) in [5, 5.41) is 4.99. The quantitative estimate of drug-likeness (QED) is 0.621. The molecular weight excluding hydrogens is 373 g/mol. The number of rotatable bonds is 5. The SMILES string of the molecule is Cc1cc(C)c(C(=O)[C@H](C)OC(=O)c2cc(S(N)(=O)=O)ccc2F)cc1C. The number of ether oxygens (including phenoxy) is 1. The molecule has 2 aromatic carbocycles. The number of hydrogen-bond donors (Lipinski definition) is 1. The topological polar surface area (TPSA) is 104 Å². The highest BCUT2D eigenvalue weighted by molar-refractivity contribution is 7.89. The lowest BCUT2D eigenvalue weighted by molar-refractivity contribution is 0.0313. The van der Waals surface area contributed by atoms with Crippen LogP contribution in [0.25, 0.3) is 0 Å². The van der Waals surface area contributed by atoms with Gasteiger partial charge in [-0.15, -0.1) is 0 Å². The molecule has 0 aliphatic carbocycles. The lowest BCUT2D eigenvalue weighted by Crippen LogP contribution is -2.26. The summed E-state index contributed by atoms with van der Waals surface area (Å²) in [4.78, 5) is 24.4. The predicted molar refractivity (Wildman–Crippen MR) is 97.6 cm³/mol. The highest BCUT2D eigenvalue weighted by atomic mass is 32.2. The van der Waals surface area contributed by atoms with Crippen LogP contribution >= 0.6 is 0 Å². The first-order chi connectivity index (χ1) is 12.4. The molecule has 0 heterocycles. The Labute approximate surface area is 157 Å². The van der Waals surface area contributed by atoms with Crippen LogP contribution in [-0.4, -0.2) is 26.3 Å². The van der Waals surface area contributed by atoms with Crippen molar-refractivity contribution >= 4 is 21.8 Å². The van der Waals surface area contributed by atoms with Crippen molar-refractivity contribution in [3.05, 3.63) is 64.0 Å². The summed E-state index contributed by atoms with van der Waals surface area (Å²) < 4.78 is 41.7. The normalized spacial score (nSPS) is 12.5. The van der Waals surface area contributed by atoms with Crippen LogP contribution in [0, 0.1) is 26.6 Å². The van der Waals surface area contributed by atoms with Gasteiger partial charge in [0, 0.05) is 5.56 Å². The molecule has 0 spiro atoms. The van der Waals surface area contributed by atoms with Gasteiger partial charge in [0.1, 0.15) is 5.82 Å². The molecule has 0 aromatic heterocycles. The predicted octanol–water partition coefficient (Wildman–Crippen LogP) is 2.83. The molecule has 0 aliphatic rings. The van der Waals surface area contributed by atoms with E-state index in [4.69, 9.17) is 9.88 Å². The second-order valence-electron chi connectivity index (χ2n) is 6.35. The third-order valence-electron chi connectivity index (χ3n) is 4.25. The van der Waals surface area contributed by atoms with Gasteiger partial charge in [0.15, 0.2) is 6.10 Å². The Morgan fingerprint density at radius 1 is 1.00 bits per heavy atom. The average molecular weight is 393 g/mol. The van der Waals surface area contributed by atoms with E-state index >= 15 is 0 Å². The Balaban J connectivity index is 2.28. The lowest BCUT2D eigenvalue weighted by Gasteiger charge is -2.15. The van der Waals surface area contributed by atoms with Crippen molar-refractivity contribution < 1.29 is 27.1 Å². The Kier molecular flexibility index (Phi) is 5.82. The molecule has 0 bridgehead atoms. The monoisotopic (exact) mass is 393 g/mol. The molecule has 8 heteroatoms. The minimum absolute atomic E-state index is 0.400. The van der Waals surface area contributed by atoms with Crippen molar-refractivity contribution in [2.24, 2.45) is 5.14 Å². The van der Waals surface area contributed by atoms with Crippen molar-refractivity contribution in [1.29, 1.82) is 0 Å². The van der Waals surface area contributed by atoms with E-state index in [1.807, 2.05) is 19.9 Å². The van der Waals surface area contributed by atoms with Crippen molar-refractivity contribution in [1.82, 2.24) is 0 Å². The number of aryl methyl sites for hydroxylation is 3. The fourth-order valence-corrected chi connectivity index (χ4v) is 3.10. The fraction of sp³-hybridized carbons (Fsp3) is 0.263. The summed E-state index contributed by atoms with van der Waals surface area (Å²) in [7, 11) is -4.12. The van der Waals surface area contributed by atoms with Crippen LogP contribution in [0.1, 0.15) is 44.3 Å². The third kappa shape index (κ3) is 4.58. The summed E-state index contributed by atoms with van der Waals surface area (Å²) in [6.07, 6.45) is -1.18. The van der Waals surface area contributed by atoms with Gasteiger partial charge in [0.05, 0.1) is 10.5 Å². The largest absolute Gasteiger partial charge is 0.451 e. The average Bonchev–Trinajstić information content (AvgIpc) is 2.56. The minimum atomic E-state index is -4.12. The number of hydrogen-bond acceptors (Lipinski definition) is 5. The first kappa shape index (κ1) is 20.7. The Morgan fingerprint density at radius 3 is 2.19 bits per heavy atom. The van der Waals surface area contributed by atoms with Gasteiger partial charge in [-0.25, -0.2) is 22.7 Å². The maximum absolute atomic E-state index is 13.9. The summed E-state index contributed by atoms with van der Waals surface area (Å²) in [5.74, 6) is -2.57. The van der Waals surface area contributed by atoms with Crippen LogP contribution in [0.5, 0.6) is 0 Å². The number of carbonyl (C=O) groups excluding carboxylic acids is 2. The van der Waals surface area contributed by atoms with Gasteiger partial charge in [-0.3, -0.25) is 4.79 Å². The molecule has 0 amide bonds. The number of nitrogens with two attached hydrogens (primary N) is 1. The second-order valence-corrected chi connectivity index (χ2v) is 7.91. The number of halogens is 1. The first-order valence-corrected chi connectivity index (χ1v) is 9.62. The standard InChI is InChI=1S/C19H20FNO5S/c1-10-7-12(3)15(8-11(10)2)18(22)13(4)26-19(23)16-9-14(27(21,24)25)5-6-17(16)20/h5-9,13H,1-4H3,(H2,21,24,25)/t13-/m0/s1. The van der Waals surface area contributed by atoms with Crippen LogP contribution in [-0.2, 0) is 14.8 Å². The molecule has 6 nitrogen and oxygen atoms in total. The first-order valence-electron chi connectivity index (χ1n) is 8.07. The zero-order chi connectivity index (χ0) is 20.5. The Hall–Kier alpha value is -2.58. The van der Waals surface area contributed by atoms with E-state index in [0.29, 0.717) is 5.56 Å². The molecule has 0 unspecified atom stereocenters. The van der Waals surface area contributed by atoms with Gasteiger partial charge in [-0.05, 0) is 68.7 Å². The molecule has 1 atom stereocenters. The lowest BCUT2D eigenvalue weighted by atomic mass is 9.96. The summed E-state index contributed by atoms with van der Waals surface area (Å²) in [6, 6.07) is 6.09. The van der Waals surface area contributed by atoms with Gasteiger partial charge in [0.25, 0.3) is 0 Å². The van der Waals surface area contributed by atoms with Gasteiger partial charge in [-0.1, -0.05) is 6.07 Å². The van der Waals surface area contributed by atoms with E-state index in [2.05, 4.69) is 0 Å². The molecular formula is C19H20FNO5S. The fourth-order valence-electron chi connectivity index (χ4n) is 2.56. The molecule has 2 N–H and O–H groups in total. The zero-order valence-corrected chi connectivity index (χ0v) is 16.2. The highest BCUT2D eigenvalue weighted by Gasteiger charge is 2.25. The Bertz CT molecular complexity index is 1030. The molecule has 0 saturated heterocycles. The van der Waals surface area contributed by atoms with Crippen LogP contribution in [0.4, 0.5) is 4.39 Å². The molecule has 144 valence electrons. The van der Waals surface area contributed by atoms with E-state index in [-0.39, 0.29) is 0 Å². The van der Waals surface area contributed by atoms with Gasteiger partial charge >= 0.3 is 5.97 Å². The smallest absolute Gasteiger partial charge is 0.341 e. The second kappa shape index (κ2) is 7.58. The molecule has 0 aliphatic heterocycles. The Morgan fingerprint density at radius 2 is 1.59 bits per heavy atom. The number of ketones is 1. The van der Waals surface area contributed by atoms with Gasteiger partial charge in [0.2, 0.25) is 15.8 Å². The van der Waals surface area contributed by atoms with Crippen molar-refractivity contribution in [3.63, 3.8) is 0 Å². The van der Waals surface area contributed by atoms with Gasteiger partial charge in [-0.2, -0.15) is 0 Å². The van der Waals surface area contributed by atoms with Crippen LogP contribution < -0.4 is 5.14 Å². The minimum Gasteiger partial charge on any atom is -0.451 e. The molecule has 2 rings (SSSR count). The maximum Gasteiger partial charge on any atom is 0.341 e. The van der Waals surface area contributed by atoms with Crippen LogP contribution in [0.15, 0.2) is 35.2 Å². The van der Waals surface area contributed by atoms with E-state index in [1.54, 1.807) is 13.0 Å². The van der Waals surface area contributed by atoms with Gasteiger partial charge < -0.3 is 4.74 Å². The van der Waals surface area contributed by atoms with E-state index in [1.165, 1.54) is 6.92 Å². The van der Waals surface area contributed by atoms with Crippen LogP contribution in [0.2, 0.25) is 0 Å².